The van der Waals surface area contributed by atoms with Crippen molar-refractivity contribution in [2.24, 2.45) is 0 Å². The van der Waals surface area contributed by atoms with Crippen LogP contribution in [0.15, 0.2) is 16.8 Å². The van der Waals surface area contributed by atoms with Gasteiger partial charge in [-0.3, -0.25) is 0 Å². The fourth-order valence-corrected chi connectivity index (χ4v) is 4.79. The third-order valence-corrected chi connectivity index (χ3v) is 5.91. The van der Waals surface area contributed by atoms with E-state index in [4.69, 9.17) is 0 Å². The molecule has 2 heteroatoms. The van der Waals surface area contributed by atoms with Gasteiger partial charge in [0.05, 0.1) is 0 Å². The average molecular weight is 295 g/mol. The van der Waals surface area contributed by atoms with Crippen molar-refractivity contribution >= 4 is 32.1 Å². The summed E-state index contributed by atoms with van der Waals surface area (Å²) in [5.41, 5.74) is 1.60. The van der Waals surface area contributed by atoms with E-state index < -0.39 is 0 Å². The smallest absolute Gasteiger partial charge is 0.0482 e. The van der Waals surface area contributed by atoms with Gasteiger partial charge >= 0.3 is 0 Å². The predicted octanol–water partition coefficient (Wildman–Crippen LogP) is 7.04. The maximum Gasteiger partial charge on any atom is 0.0482 e. The van der Waals surface area contributed by atoms with Crippen LogP contribution in [0.4, 0.5) is 0 Å². The summed E-state index contributed by atoms with van der Waals surface area (Å²) in [5.74, 6) is 0. The Morgan fingerprint density at radius 3 is 2.26 bits per heavy atom. The molecule has 0 aliphatic carbocycles. The summed E-state index contributed by atoms with van der Waals surface area (Å²) >= 11 is 3.82. The molecule has 0 saturated heterocycles. The number of hydrogen-bond donors (Lipinski definition) is 0. The standard InChI is InChI=1S/C17H26S2/c1-2-3-4-5-6-7-8-9-10-11-15-14-19-16-12-13-18-17(15)16/h12-14H,2-11H2,1H3. The zero-order chi connectivity index (χ0) is 13.3. The van der Waals surface area contributed by atoms with Crippen molar-refractivity contribution < 1.29 is 0 Å². The lowest BCUT2D eigenvalue weighted by Crippen LogP contribution is -1.84. The first-order valence-corrected chi connectivity index (χ1v) is 9.61. The molecule has 19 heavy (non-hydrogen) atoms. The number of hydrogen-bond acceptors (Lipinski definition) is 2. The molecule has 2 rings (SSSR count). The van der Waals surface area contributed by atoms with Crippen LogP contribution in [0.5, 0.6) is 0 Å². The van der Waals surface area contributed by atoms with E-state index in [1.165, 1.54) is 68.9 Å². The predicted molar refractivity (Wildman–Crippen MR) is 90.6 cm³/mol. The van der Waals surface area contributed by atoms with Gasteiger partial charge in [-0.1, -0.05) is 58.3 Å². The van der Waals surface area contributed by atoms with E-state index in [2.05, 4.69) is 23.8 Å². The number of rotatable bonds is 10. The van der Waals surface area contributed by atoms with Gasteiger partial charge in [-0.05, 0) is 35.2 Å². The van der Waals surface area contributed by atoms with Crippen molar-refractivity contribution in [2.45, 2.75) is 71.1 Å². The van der Waals surface area contributed by atoms with Gasteiger partial charge in [0.15, 0.2) is 0 Å². The highest BCUT2D eigenvalue weighted by Crippen LogP contribution is 2.31. The molecule has 0 aromatic carbocycles. The summed E-state index contributed by atoms with van der Waals surface area (Å²) < 4.78 is 3.03. The highest BCUT2D eigenvalue weighted by atomic mass is 32.1. The topological polar surface area (TPSA) is 0 Å². The van der Waals surface area contributed by atoms with Crippen LogP contribution in [-0.4, -0.2) is 0 Å². The Labute approximate surface area is 125 Å². The summed E-state index contributed by atoms with van der Waals surface area (Å²) in [5, 5.41) is 4.59. The molecule has 0 N–H and O–H groups in total. The third kappa shape index (κ3) is 4.92. The summed E-state index contributed by atoms with van der Waals surface area (Å²) in [6.07, 6.45) is 14.1. The van der Waals surface area contributed by atoms with Crippen molar-refractivity contribution in [1.82, 2.24) is 0 Å². The minimum absolute atomic E-state index is 1.29. The Balaban J connectivity index is 1.52. The Morgan fingerprint density at radius 2 is 1.53 bits per heavy atom. The zero-order valence-electron chi connectivity index (χ0n) is 12.1. The lowest BCUT2D eigenvalue weighted by Gasteiger charge is -2.01. The van der Waals surface area contributed by atoms with E-state index in [1.807, 2.05) is 22.7 Å². The number of unbranched alkanes of at least 4 members (excludes halogenated alkanes) is 8. The number of fused-ring (bicyclic) bond motifs is 1. The minimum Gasteiger partial charge on any atom is -0.143 e. The van der Waals surface area contributed by atoms with Gasteiger partial charge in [-0.2, -0.15) is 0 Å². The molecule has 0 fully saturated rings. The summed E-state index contributed by atoms with van der Waals surface area (Å²) in [6.45, 7) is 2.29. The van der Waals surface area contributed by atoms with E-state index >= 15 is 0 Å². The lowest BCUT2D eigenvalue weighted by atomic mass is 10.1. The number of aryl methyl sites for hydroxylation is 1. The molecule has 0 unspecified atom stereocenters. The first-order chi connectivity index (χ1) is 9.42. The second-order valence-corrected chi connectivity index (χ2v) is 7.28. The molecule has 0 radical (unpaired) electrons. The van der Waals surface area contributed by atoms with Crippen molar-refractivity contribution in [2.75, 3.05) is 0 Å². The maximum atomic E-state index is 2.37. The minimum atomic E-state index is 1.29. The van der Waals surface area contributed by atoms with Gasteiger partial charge in [0.2, 0.25) is 0 Å². The molecule has 0 nitrogen and oxygen atoms in total. The zero-order valence-corrected chi connectivity index (χ0v) is 13.8. The normalized spacial score (nSPS) is 11.4. The van der Waals surface area contributed by atoms with Crippen LogP contribution < -0.4 is 0 Å². The SMILES string of the molecule is CCCCCCCCCCCc1csc2ccsc12. The summed E-state index contributed by atoms with van der Waals surface area (Å²) in [4.78, 5) is 0. The van der Waals surface area contributed by atoms with E-state index in [0.29, 0.717) is 0 Å². The van der Waals surface area contributed by atoms with Gasteiger partial charge in [0.25, 0.3) is 0 Å². The number of thiophene rings is 2. The molecule has 0 atom stereocenters. The molecule has 0 amide bonds. The molecule has 0 aliphatic heterocycles. The largest absolute Gasteiger partial charge is 0.143 e. The van der Waals surface area contributed by atoms with Crippen LogP contribution in [0.2, 0.25) is 0 Å². The van der Waals surface area contributed by atoms with Crippen molar-refractivity contribution in [3.8, 4) is 0 Å². The van der Waals surface area contributed by atoms with Gasteiger partial charge in [-0.15, -0.1) is 22.7 Å². The van der Waals surface area contributed by atoms with Gasteiger partial charge < -0.3 is 0 Å². The van der Waals surface area contributed by atoms with Crippen LogP contribution in [0.3, 0.4) is 0 Å². The van der Waals surface area contributed by atoms with E-state index in [1.54, 1.807) is 10.3 Å². The van der Waals surface area contributed by atoms with Crippen LogP contribution in [0, 0.1) is 0 Å². The monoisotopic (exact) mass is 294 g/mol. The first-order valence-electron chi connectivity index (χ1n) is 7.85. The molecular weight excluding hydrogens is 268 g/mol. The molecule has 0 saturated carbocycles. The van der Waals surface area contributed by atoms with Crippen LogP contribution in [0.25, 0.3) is 9.40 Å². The fraction of sp³-hybridized carbons (Fsp3) is 0.647. The van der Waals surface area contributed by atoms with Gasteiger partial charge in [0.1, 0.15) is 0 Å². The molecule has 106 valence electrons. The molecule has 0 bridgehead atoms. The van der Waals surface area contributed by atoms with E-state index in [9.17, 15) is 0 Å². The lowest BCUT2D eigenvalue weighted by molar-refractivity contribution is 0.565. The molecular formula is C17H26S2. The second kappa shape index (κ2) is 8.76. The summed E-state index contributed by atoms with van der Waals surface area (Å²) in [7, 11) is 0. The Bertz CT molecular complexity index is 452. The molecule has 0 aliphatic rings. The highest BCUT2D eigenvalue weighted by Gasteiger charge is 2.04. The second-order valence-electron chi connectivity index (χ2n) is 5.45. The molecule has 2 heterocycles. The van der Waals surface area contributed by atoms with Crippen LogP contribution in [-0.2, 0) is 6.42 Å². The van der Waals surface area contributed by atoms with Crippen LogP contribution >= 0.6 is 22.7 Å². The van der Waals surface area contributed by atoms with Crippen molar-refractivity contribution in [1.29, 1.82) is 0 Å². The van der Waals surface area contributed by atoms with Crippen LogP contribution in [0.1, 0.15) is 70.3 Å². The fourth-order valence-electron chi connectivity index (χ4n) is 2.61. The van der Waals surface area contributed by atoms with E-state index in [-0.39, 0.29) is 0 Å². The van der Waals surface area contributed by atoms with Gasteiger partial charge in [-0.25, -0.2) is 0 Å². The molecule has 0 spiro atoms. The van der Waals surface area contributed by atoms with E-state index in [0.717, 1.165) is 0 Å². The molecule has 2 aromatic rings. The van der Waals surface area contributed by atoms with Gasteiger partial charge in [0, 0.05) is 9.40 Å². The molecule has 2 aromatic heterocycles. The Kier molecular flexibility index (Phi) is 6.94. The Hall–Kier alpha value is -0.340. The average Bonchev–Trinajstić information content (AvgIpc) is 3.01. The quantitative estimate of drug-likeness (QED) is 0.412. The summed E-state index contributed by atoms with van der Waals surface area (Å²) in [6, 6.07) is 2.25. The Morgan fingerprint density at radius 1 is 0.842 bits per heavy atom. The van der Waals surface area contributed by atoms with Crippen molar-refractivity contribution in [3.05, 3.63) is 22.4 Å². The van der Waals surface area contributed by atoms with Crippen molar-refractivity contribution in [3.63, 3.8) is 0 Å². The third-order valence-electron chi connectivity index (χ3n) is 3.80. The highest BCUT2D eigenvalue weighted by molar-refractivity contribution is 7.26. The first kappa shape index (κ1) is 15.1. The maximum absolute atomic E-state index is 2.37.